The third-order valence-corrected chi connectivity index (χ3v) is 6.75. The molecular weight excluding hydrogens is 536 g/mol. The van der Waals surface area contributed by atoms with E-state index in [1.807, 2.05) is 13.0 Å². The minimum Gasteiger partial charge on any atom is -0.374 e. The molecule has 3 aromatic heterocycles. The Labute approximate surface area is 225 Å². The predicted octanol–water partition coefficient (Wildman–Crippen LogP) is 6.38. The molecule has 0 fully saturated rings. The van der Waals surface area contributed by atoms with Gasteiger partial charge >= 0.3 is 12.4 Å². The van der Waals surface area contributed by atoms with Crippen LogP contribution in [0.4, 0.5) is 26.3 Å². The number of halogens is 6. The molecular formula is C28H25F6N5O. The van der Waals surface area contributed by atoms with Gasteiger partial charge in [0.1, 0.15) is 11.8 Å². The molecule has 0 spiro atoms. The van der Waals surface area contributed by atoms with Gasteiger partial charge in [-0.25, -0.2) is 4.98 Å². The van der Waals surface area contributed by atoms with Crippen LogP contribution in [0.25, 0.3) is 10.9 Å². The van der Waals surface area contributed by atoms with E-state index < -0.39 is 30.1 Å². The van der Waals surface area contributed by atoms with Crippen molar-refractivity contribution in [2.24, 2.45) is 7.05 Å². The molecule has 0 aliphatic rings. The van der Waals surface area contributed by atoms with Gasteiger partial charge in [-0.3, -0.25) is 9.97 Å². The normalized spacial score (nSPS) is 13.8. The summed E-state index contributed by atoms with van der Waals surface area (Å²) in [5, 5.41) is 22.2. The highest BCUT2D eigenvalue weighted by Crippen LogP contribution is 2.40. The summed E-state index contributed by atoms with van der Waals surface area (Å²) in [6, 6.07) is 7.97. The van der Waals surface area contributed by atoms with Crippen molar-refractivity contribution >= 4 is 10.9 Å². The van der Waals surface area contributed by atoms with Crippen molar-refractivity contribution in [2.75, 3.05) is 0 Å². The van der Waals surface area contributed by atoms with E-state index in [1.165, 1.54) is 48.4 Å². The molecule has 1 atom stereocenters. The Hall–Kier alpha value is -3.98. The van der Waals surface area contributed by atoms with E-state index in [9.17, 15) is 36.7 Å². The number of aliphatic hydroxyl groups is 1. The first-order chi connectivity index (χ1) is 18.8. The lowest BCUT2D eigenvalue weighted by Crippen LogP contribution is -2.32. The quantitative estimate of drug-likeness (QED) is 0.199. The average Bonchev–Trinajstić information content (AvgIpc) is 3.33. The maximum absolute atomic E-state index is 13.6. The molecule has 0 aliphatic heterocycles. The summed E-state index contributed by atoms with van der Waals surface area (Å²) in [4.78, 5) is 11.8. The molecule has 12 heteroatoms. The van der Waals surface area contributed by atoms with Crippen molar-refractivity contribution in [1.82, 2.24) is 19.5 Å². The van der Waals surface area contributed by atoms with Crippen LogP contribution in [0, 0.1) is 11.3 Å². The fourth-order valence-electron chi connectivity index (χ4n) is 4.83. The second kappa shape index (κ2) is 10.9. The first-order valence-electron chi connectivity index (χ1n) is 12.4. The van der Waals surface area contributed by atoms with Crippen molar-refractivity contribution in [3.63, 3.8) is 0 Å². The summed E-state index contributed by atoms with van der Waals surface area (Å²) in [7, 11) is 1.53. The number of aromatic nitrogens is 4. The number of hydrogen-bond donors (Lipinski definition) is 1. The predicted molar refractivity (Wildman–Crippen MR) is 134 cm³/mol. The second-order valence-electron chi connectivity index (χ2n) is 9.53. The Balaban J connectivity index is 2.00. The third-order valence-electron chi connectivity index (χ3n) is 6.75. The smallest absolute Gasteiger partial charge is 0.374 e. The van der Waals surface area contributed by atoms with E-state index in [0.29, 0.717) is 12.5 Å². The summed E-state index contributed by atoms with van der Waals surface area (Å²) in [6.45, 7) is 1.95. The number of nitrogens with zero attached hydrogens (tertiary/aromatic N) is 5. The molecule has 0 saturated carbocycles. The third kappa shape index (κ3) is 5.65. The van der Waals surface area contributed by atoms with Gasteiger partial charge in [0, 0.05) is 29.9 Å². The highest BCUT2D eigenvalue weighted by atomic mass is 19.4. The van der Waals surface area contributed by atoms with E-state index in [-0.39, 0.29) is 51.0 Å². The van der Waals surface area contributed by atoms with E-state index in [4.69, 9.17) is 0 Å². The van der Waals surface area contributed by atoms with E-state index in [2.05, 4.69) is 15.0 Å². The standard InChI is InChI=1S/C28H25F6N5O/c1-3-4-5-6-22-20(13-26(29,30)31)21(14-35)19-11-17(7-8-23(19)38-22)27(40,25-15-36-16-39(25)2)18-9-10-37-24(12-18)28(32,33)34/h7-12,15-16,40H,3-6,13H2,1-2H3. The molecule has 4 aromatic rings. The highest BCUT2D eigenvalue weighted by Gasteiger charge is 2.40. The summed E-state index contributed by atoms with van der Waals surface area (Å²) < 4.78 is 82.8. The van der Waals surface area contributed by atoms with Gasteiger partial charge in [0.2, 0.25) is 0 Å². The maximum Gasteiger partial charge on any atom is 0.433 e. The molecule has 40 heavy (non-hydrogen) atoms. The monoisotopic (exact) mass is 561 g/mol. The number of rotatable bonds is 8. The van der Waals surface area contributed by atoms with Gasteiger partial charge in [0.25, 0.3) is 0 Å². The molecule has 1 unspecified atom stereocenters. The second-order valence-corrected chi connectivity index (χ2v) is 9.53. The molecule has 6 nitrogen and oxygen atoms in total. The minimum atomic E-state index is -4.80. The van der Waals surface area contributed by atoms with E-state index in [1.54, 1.807) is 0 Å². The number of aryl methyl sites for hydroxylation is 2. The molecule has 0 amide bonds. The number of unbranched alkanes of at least 4 members (excludes halogenated alkanes) is 2. The number of benzene rings is 1. The lowest BCUT2D eigenvalue weighted by Gasteiger charge is -2.30. The summed E-state index contributed by atoms with van der Waals surface area (Å²) in [5.41, 5.74) is -3.66. The van der Waals surface area contributed by atoms with Crippen molar-refractivity contribution in [1.29, 1.82) is 5.26 Å². The molecule has 3 heterocycles. The number of pyridine rings is 2. The van der Waals surface area contributed by atoms with Crippen molar-refractivity contribution in [3.8, 4) is 6.07 Å². The molecule has 1 N–H and O–H groups in total. The largest absolute Gasteiger partial charge is 0.433 e. The van der Waals surface area contributed by atoms with Crippen LogP contribution in [0.15, 0.2) is 49.1 Å². The fourth-order valence-corrected chi connectivity index (χ4v) is 4.83. The molecule has 210 valence electrons. The number of nitriles is 1. The highest BCUT2D eigenvalue weighted by molar-refractivity contribution is 5.87. The number of hydrogen-bond acceptors (Lipinski definition) is 5. The number of alkyl halides is 6. The first kappa shape index (κ1) is 29.0. The van der Waals surface area contributed by atoms with Crippen LogP contribution >= 0.6 is 0 Å². The van der Waals surface area contributed by atoms with Gasteiger partial charge in [-0.2, -0.15) is 31.6 Å². The van der Waals surface area contributed by atoms with Crippen LogP contribution in [-0.2, 0) is 31.7 Å². The van der Waals surface area contributed by atoms with Crippen LogP contribution in [0.2, 0.25) is 0 Å². The van der Waals surface area contributed by atoms with Crippen LogP contribution in [0.3, 0.4) is 0 Å². The number of fused-ring (bicyclic) bond motifs is 1. The SMILES string of the molecule is CCCCCc1nc2ccc(C(O)(c3ccnc(C(F)(F)F)c3)c3cncn3C)cc2c(C#N)c1CC(F)(F)F. The van der Waals surface area contributed by atoms with Crippen LogP contribution in [0.1, 0.15) is 65.5 Å². The Kier molecular flexibility index (Phi) is 7.90. The molecule has 0 bridgehead atoms. The average molecular weight is 562 g/mol. The number of imidazole rings is 1. The summed E-state index contributed by atoms with van der Waals surface area (Å²) >= 11 is 0. The summed E-state index contributed by atoms with van der Waals surface area (Å²) in [6.07, 6.45) is -4.79. The van der Waals surface area contributed by atoms with E-state index in [0.717, 1.165) is 19.0 Å². The fraction of sp³-hybridized carbons (Fsp3) is 0.357. The lowest BCUT2D eigenvalue weighted by atomic mass is 9.82. The Morgan fingerprint density at radius 3 is 2.35 bits per heavy atom. The molecule has 4 rings (SSSR count). The van der Waals surface area contributed by atoms with Gasteiger partial charge in [-0.1, -0.05) is 25.8 Å². The van der Waals surface area contributed by atoms with Gasteiger partial charge < -0.3 is 9.67 Å². The zero-order valence-electron chi connectivity index (χ0n) is 21.6. The van der Waals surface area contributed by atoms with E-state index >= 15 is 0 Å². The van der Waals surface area contributed by atoms with Crippen LogP contribution < -0.4 is 0 Å². The van der Waals surface area contributed by atoms with Crippen LogP contribution in [0.5, 0.6) is 0 Å². The summed E-state index contributed by atoms with van der Waals surface area (Å²) in [5.74, 6) is 0. The van der Waals surface area contributed by atoms with Gasteiger partial charge in [-0.15, -0.1) is 0 Å². The zero-order valence-corrected chi connectivity index (χ0v) is 21.6. The molecule has 0 saturated heterocycles. The molecule has 1 aromatic carbocycles. The Bertz CT molecular complexity index is 1570. The molecule has 0 radical (unpaired) electrons. The Morgan fingerprint density at radius 2 is 1.75 bits per heavy atom. The maximum atomic E-state index is 13.6. The van der Waals surface area contributed by atoms with Gasteiger partial charge in [0.05, 0.1) is 35.7 Å². The van der Waals surface area contributed by atoms with Gasteiger partial charge in [-0.05, 0) is 48.2 Å². The van der Waals surface area contributed by atoms with Crippen molar-refractivity contribution in [3.05, 3.63) is 88.4 Å². The minimum absolute atomic E-state index is 0.0120. The lowest BCUT2D eigenvalue weighted by molar-refractivity contribution is -0.141. The topological polar surface area (TPSA) is 87.6 Å². The van der Waals surface area contributed by atoms with Crippen LogP contribution in [-0.4, -0.2) is 30.8 Å². The zero-order chi connectivity index (χ0) is 29.3. The van der Waals surface area contributed by atoms with Crippen molar-refractivity contribution < 1.29 is 31.4 Å². The first-order valence-corrected chi connectivity index (χ1v) is 12.4. The Morgan fingerprint density at radius 1 is 1.02 bits per heavy atom. The van der Waals surface area contributed by atoms with Gasteiger partial charge in [0.15, 0.2) is 5.60 Å². The van der Waals surface area contributed by atoms with Crippen molar-refractivity contribution in [2.45, 2.75) is 57.0 Å². The molecule has 0 aliphatic carbocycles.